The highest BCUT2D eigenvalue weighted by molar-refractivity contribution is 5.78. The molecule has 2 amide bonds. The highest BCUT2D eigenvalue weighted by Crippen LogP contribution is 2.41. The van der Waals surface area contributed by atoms with E-state index in [0.29, 0.717) is 5.92 Å². The van der Waals surface area contributed by atoms with E-state index in [1.807, 2.05) is 0 Å². The highest BCUT2D eigenvalue weighted by Gasteiger charge is 2.51. The number of ether oxygens (including phenoxy) is 1. The van der Waals surface area contributed by atoms with E-state index in [4.69, 9.17) is 4.74 Å². The zero-order valence-electron chi connectivity index (χ0n) is 21.7. The van der Waals surface area contributed by atoms with Gasteiger partial charge in [-0.05, 0) is 69.7 Å². The predicted molar refractivity (Wildman–Crippen MR) is 141 cm³/mol. The number of fused-ring (bicyclic) bond motifs is 3. The largest absolute Gasteiger partial charge is 0.379 e. The van der Waals surface area contributed by atoms with Gasteiger partial charge in [-0.1, -0.05) is 55.5 Å². The molecule has 1 aromatic carbocycles. The summed E-state index contributed by atoms with van der Waals surface area (Å²) in [5.74, 6) is 0.575. The van der Waals surface area contributed by atoms with Crippen LogP contribution in [0.4, 0.5) is 4.79 Å². The van der Waals surface area contributed by atoms with E-state index in [0.717, 1.165) is 45.7 Å². The maximum absolute atomic E-state index is 13.6. The molecule has 2 N–H and O–H groups in total. The summed E-state index contributed by atoms with van der Waals surface area (Å²) in [6.07, 6.45) is 11.1. The SMILES string of the molecule is CCC1(NC(=O)NC(C)(C)C2(N3CCOCC3)C=CC(c3ccccc3)=CC2)CN2CCC1CC2. The lowest BCUT2D eigenvalue weighted by atomic mass is 9.71. The fourth-order valence-corrected chi connectivity index (χ4v) is 6.98. The van der Waals surface area contributed by atoms with Gasteiger partial charge in [-0.3, -0.25) is 4.90 Å². The molecule has 4 aliphatic heterocycles. The Labute approximate surface area is 210 Å². The molecule has 4 heterocycles. The molecule has 0 spiro atoms. The fraction of sp³-hybridized carbons (Fsp3) is 0.621. The first-order valence-electron chi connectivity index (χ1n) is 13.5. The van der Waals surface area contributed by atoms with Crippen LogP contribution in [0.1, 0.15) is 52.0 Å². The van der Waals surface area contributed by atoms with Gasteiger partial charge in [0.15, 0.2) is 0 Å². The van der Waals surface area contributed by atoms with Gasteiger partial charge in [0, 0.05) is 19.6 Å². The number of hydrogen-bond acceptors (Lipinski definition) is 4. The molecule has 6 heteroatoms. The fourth-order valence-electron chi connectivity index (χ4n) is 6.98. The van der Waals surface area contributed by atoms with Crippen LogP contribution >= 0.6 is 0 Å². The van der Waals surface area contributed by atoms with Crippen LogP contribution in [0.25, 0.3) is 5.57 Å². The van der Waals surface area contributed by atoms with Crippen molar-refractivity contribution in [3.8, 4) is 0 Å². The number of morpholine rings is 1. The van der Waals surface area contributed by atoms with E-state index in [1.54, 1.807) is 0 Å². The minimum atomic E-state index is -0.480. The van der Waals surface area contributed by atoms with Crippen LogP contribution < -0.4 is 10.6 Å². The van der Waals surface area contributed by atoms with Gasteiger partial charge in [0.25, 0.3) is 0 Å². The van der Waals surface area contributed by atoms with Crippen LogP contribution in [-0.2, 0) is 4.74 Å². The number of nitrogens with one attached hydrogen (secondary N) is 2. The molecule has 2 bridgehead atoms. The molecular formula is C29H42N4O2. The first-order valence-corrected chi connectivity index (χ1v) is 13.5. The maximum atomic E-state index is 13.6. The Morgan fingerprint density at radius 3 is 2.40 bits per heavy atom. The van der Waals surface area contributed by atoms with E-state index in [2.05, 4.69) is 89.8 Å². The normalized spacial score (nSPS) is 33.3. The van der Waals surface area contributed by atoms with Crippen molar-refractivity contribution in [2.24, 2.45) is 5.92 Å². The zero-order valence-corrected chi connectivity index (χ0v) is 21.7. The quantitative estimate of drug-likeness (QED) is 0.648. The minimum Gasteiger partial charge on any atom is -0.379 e. The van der Waals surface area contributed by atoms with Crippen LogP contribution in [0.15, 0.2) is 48.6 Å². The first kappa shape index (κ1) is 24.5. The number of rotatable bonds is 6. The van der Waals surface area contributed by atoms with Gasteiger partial charge >= 0.3 is 6.03 Å². The lowest BCUT2D eigenvalue weighted by Gasteiger charge is -2.55. The molecule has 0 saturated carbocycles. The van der Waals surface area contributed by atoms with Crippen LogP contribution in [0.3, 0.4) is 0 Å². The van der Waals surface area contributed by atoms with Crippen molar-refractivity contribution in [2.45, 2.75) is 63.1 Å². The van der Waals surface area contributed by atoms with E-state index in [1.165, 1.54) is 37.1 Å². The molecule has 190 valence electrons. The van der Waals surface area contributed by atoms with Gasteiger partial charge in [-0.15, -0.1) is 0 Å². The number of allylic oxidation sites excluding steroid dienone is 2. The number of amides is 2. The molecule has 4 fully saturated rings. The Morgan fingerprint density at radius 1 is 1.11 bits per heavy atom. The van der Waals surface area contributed by atoms with Gasteiger partial charge in [0.1, 0.15) is 0 Å². The predicted octanol–water partition coefficient (Wildman–Crippen LogP) is 4.05. The summed E-state index contributed by atoms with van der Waals surface area (Å²) in [5, 5.41) is 6.94. The summed E-state index contributed by atoms with van der Waals surface area (Å²) < 4.78 is 5.69. The van der Waals surface area contributed by atoms with Crippen molar-refractivity contribution in [3.05, 3.63) is 54.1 Å². The molecule has 2 unspecified atom stereocenters. The van der Waals surface area contributed by atoms with Crippen molar-refractivity contribution in [1.82, 2.24) is 20.4 Å². The molecule has 4 saturated heterocycles. The van der Waals surface area contributed by atoms with E-state index >= 15 is 0 Å². The number of carbonyl (C=O) groups is 1. The van der Waals surface area contributed by atoms with Crippen molar-refractivity contribution in [1.29, 1.82) is 0 Å². The number of nitrogens with zero attached hydrogens (tertiary/aromatic N) is 2. The lowest BCUT2D eigenvalue weighted by Crippen LogP contribution is -2.73. The average Bonchev–Trinajstić information content (AvgIpc) is 2.90. The summed E-state index contributed by atoms with van der Waals surface area (Å²) in [6.45, 7) is 13.1. The molecular weight excluding hydrogens is 436 g/mol. The Morgan fingerprint density at radius 2 is 1.83 bits per heavy atom. The number of benzene rings is 1. The van der Waals surface area contributed by atoms with Crippen LogP contribution in [0, 0.1) is 5.92 Å². The van der Waals surface area contributed by atoms with Gasteiger partial charge in [-0.25, -0.2) is 4.79 Å². The van der Waals surface area contributed by atoms with Crippen molar-refractivity contribution in [3.63, 3.8) is 0 Å². The average molecular weight is 479 g/mol. The summed E-state index contributed by atoms with van der Waals surface area (Å²) >= 11 is 0. The van der Waals surface area contributed by atoms with E-state index in [9.17, 15) is 4.79 Å². The van der Waals surface area contributed by atoms with Gasteiger partial charge in [-0.2, -0.15) is 0 Å². The molecule has 35 heavy (non-hydrogen) atoms. The molecule has 0 radical (unpaired) electrons. The van der Waals surface area contributed by atoms with Crippen molar-refractivity contribution in [2.75, 3.05) is 45.9 Å². The molecule has 6 nitrogen and oxygen atoms in total. The van der Waals surface area contributed by atoms with Gasteiger partial charge in [0.2, 0.25) is 0 Å². The monoisotopic (exact) mass is 478 g/mol. The highest BCUT2D eigenvalue weighted by atomic mass is 16.5. The third-order valence-corrected chi connectivity index (χ3v) is 9.23. The Hall–Kier alpha value is -2.15. The smallest absolute Gasteiger partial charge is 0.315 e. The molecule has 1 aromatic rings. The maximum Gasteiger partial charge on any atom is 0.315 e. The third-order valence-electron chi connectivity index (χ3n) is 9.23. The van der Waals surface area contributed by atoms with Crippen LogP contribution in [0.5, 0.6) is 0 Å². The summed E-state index contributed by atoms with van der Waals surface area (Å²) in [4.78, 5) is 18.6. The number of urea groups is 1. The minimum absolute atomic E-state index is 0.0375. The topological polar surface area (TPSA) is 56.8 Å². The Kier molecular flexibility index (Phi) is 6.81. The van der Waals surface area contributed by atoms with Crippen LogP contribution in [0.2, 0.25) is 0 Å². The first-order chi connectivity index (χ1) is 16.9. The van der Waals surface area contributed by atoms with Crippen LogP contribution in [-0.4, -0.2) is 78.4 Å². The van der Waals surface area contributed by atoms with Gasteiger partial charge < -0.3 is 20.3 Å². The number of carbonyl (C=O) groups excluding carboxylic acids is 1. The molecule has 6 rings (SSSR count). The Bertz CT molecular complexity index is 960. The summed E-state index contributed by atoms with van der Waals surface area (Å²) in [5.41, 5.74) is 1.56. The standard InChI is InChI=1S/C29H42N4O2/c1-4-28(22-32-16-12-25(28)13-17-32)31-26(34)30-27(2,3)29(33-18-20-35-21-19-33)14-10-24(11-15-29)23-8-6-5-7-9-23/h5-11,14,25H,4,12-13,15-22H2,1-3H3,(H2,30,31,34). The van der Waals surface area contributed by atoms with Crippen molar-refractivity contribution < 1.29 is 9.53 Å². The second kappa shape index (κ2) is 9.72. The second-order valence-electron chi connectivity index (χ2n) is 11.4. The molecule has 1 aliphatic carbocycles. The molecule has 5 aliphatic rings. The summed E-state index contributed by atoms with van der Waals surface area (Å²) in [7, 11) is 0. The van der Waals surface area contributed by atoms with Crippen molar-refractivity contribution >= 4 is 11.6 Å². The summed E-state index contributed by atoms with van der Waals surface area (Å²) in [6, 6.07) is 10.5. The lowest BCUT2D eigenvalue weighted by molar-refractivity contribution is -0.0330. The Balaban J connectivity index is 1.37. The molecule has 2 atom stereocenters. The second-order valence-corrected chi connectivity index (χ2v) is 11.4. The number of hydrogen-bond donors (Lipinski definition) is 2. The molecule has 0 aromatic heterocycles. The number of piperidine rings is 3. The zero-order chi connectivity index (χ0) is 24.5. The van der Waals surface area contributed by atoms with E-state index < -0.39 is 5.54 Å². The van der Waals surface area contributed by atoms with Gasteiger partial charge in [0.05, 0.1) is 29.8 Å². The third kappa shape index (κ3) is 4.56. The van der Waals surface area contributed by atoms with E-state index in [-0.39, 0.29) is 17.1 Å².